The molecule has 0 radical (unpaired) electrons. The van der Waals surface area contributed by atoms with Gasteiger partial charge in [0, 0.05) is 10.5 Å². The molecular weight excluding hydrogens is 318 g/mol. The van der Waals surface area contributed by atoms with Crippen molar-refractivity contribution in [2.45, 2.75) is 26.4 Å². The molecule has 0 aliphatic heterocycles. The van der Waals surface area contributed by atoms with Gasteiger partial charge in [0.1, 0.15) is 11.4 Å². The Kier molecular flexibility index (Phi) is 4.88. The normalized spacial score (nSPS) is 10.9. The topological polar surface area (TPSA) is 78.7 Å². The summed E-state index contributed by atoms with van der Waals surface area (Å²) in [6.45, 7) is 4.93. The zero-order chi connectivity index (χ0) is 14.6. The molecule has 7 heteroatoms. The average Bonchev–Trinajstić information content (AvgIpc) is 2.23. The largest absolute Gasteiger partial charge is 0.482 e. The van der Waals surface area contributed by atoms with Gasteiger partial charge in [0.05, 0.1) is 11.0 Å². The highest BCUT2D eigenvalue weighted by atomic mass is 79.9. The molecule has 6 nitrogen and oxygen atoms in total. The number of ether oxygens (including phenoxy) is 2. The molecule has 1 aromatic carbocycles. The molecule has 0 N–H and O–H groups in total. The Morgan fingerprint density at radius 1 is 1.37 bits per heavy atom. The van der Waals surface area contributed by atoms with Crippen molar-refractivity contribution in [1.29, 1.82) is 0 Å². The average molecular weight is 332 g/mol. The molecular formula is C12H14BrNO5. The number of halogens is 1. The third-order valence-electron chi connectivity index (χ3n) is 1.84. The summed E-state index contributed by atoms with van der Waals surface area (Å²) >= 11 is 3.14. The van der Waals surface area contributed by atoms with E-state index in [9.17, 15) is 14.9 Å². The van der Waals surface area contributed by atoms with Gasteiger partial charge < -0.3 is 9.47 Å². The highest BCUT2D eigenvalue weighted by Gasteiger charge is 2.17. The molecule has 104 valence electrons. The van der Waals surface area contributed by atoms with Crippen molar-refractivity contribution < 1.29 is 19.2 Å². The molecule has 19 heavy (non-hydrogen) atoms. The summed E-state index contributed by atoms with van der Waals surface area (Å²) in [4.78, 5) is 21.6. The van der Waals surface area contributed by atoms with E-state index in [4.69, 9.17) is 9.47 Å². The van der Waals surface area contributed by atoms with Crippen LogP contribution in [0.15, 0.2) is 22.7 Å². The maximum Gasteiger partial charge on any atom is 0.344 e. The zero-order valence-corrected chi connectivity index (χ0v) is 12.4. The molecule has 0 aliphatic carbocycles. The Morgan fingerprint density at radius 3 is 2.53 bits per heavy atom. The summed E-state index contributed by atoms with van der Waals surface area (Å²) in [6, 6.07) is 4.13. The van der Waals surface area contributed by atoms with Gasteiger partial charge in [-0.05, 0) is 26.8 Å². The number of hydrogen-bond donors (Lipinski definition) is 0. The van der Waals surface area contributed by atoms with Gasteiger partial charge in [-0.2, -0.15) is 0 Å². The number of carbonyl (C=O) groups is 1. The lowest BCUT2D eigenvalue weighted by Crippen LogP contribution is -2.27. The van der Waals surface area contributed by atoms with E-state index in [0.717, 1.165) is 0 Å². The van der Waals surface area contributed by atoms with E-state index in [1.807, 2.05) is 0 Å². The van der Waals surface area contributed by atoms with Gasteiger partial charge in [-0.25, -0.2) is 4.79 Å². The molecule has 0 amide bonds. The molecule has 0 spiro atoms. The Labute approximate surface area is 119 Å². The van der Waals surface area contributed by atoms with Gasteiger partial charge in [-0.3, -0.25) is 10.1 Å². The number of esters is 1. The lowest BCUT2D eigenvalue weighted by molar-refractivity contribution is -0.385. The highest BCUT2D eigenvalue weighted by Crippen LogP contribution is 2.26. The van der Waals surface area contributed by atoms with Crippen molar-refractivity contribution in [2.75, 3.05) is 6.61 Å². The van der Waals surface area contributed by atoms with Crippen LogP contribution >= 0.6 is 15.9 Å². The first kappa shape index (κ1) is 15.4. The number of nitro benzene ring substituents is 1. The van der Waals surface area contributed by atoms with Crippen LogP contribution in [-0.4, -0.2) is 23.1 Å². The van der Waals surface area contributed by atoms with Gasteiger partial charge in [-0.15, -0.1) is 0 Å². The van der Waals surface area contributed by atoms with E-state index in [0.29, 0.717) is 4.47 Å². The van der Waals surface area contributed by atoms with Crippen molar-refractivity contribution in [2.24, 2.45) is 0 Å². The number of nitro groups is 1. The molecule has 1 rings (SSSR count). The Bertz CT molecular complexity index is 495. The lowest BCUT2D eigenvalue weighted by atomic mass is 10.2. The van der Waals surface area contributed by atoms with Gasteiger partial charge in [0.25, 0.3) is 5.69 Å². The third kappa shape index (κ3) is 5.69. The Balaban J connectivity index is 2.68. The summed E-state index contributed by atoms with van der Waals surface area (Å²) in [6.07, 6.45) is 0. The summed E-state index contributed by atoms with van der Waals surface area (Å²) in [5.74, 6) is -0.304. The van der Waals surface area contributed by atoms with Crippen molar-refractivity contribution in [3.63, 3.8) is 0 Å². The van der Waals surface area contributed by atoms with Gasteiger partial charge in [0.15, 0.2) is 6.61 Å². The molecule has 0 saturated heterocycles. The molecule has 0 fully saturated rings. The van der Waals surface area contributed by atoms with Crippen molar-refractivity contribution in [3.05, 3.63) is 32.8 Å². The van der Waals surface area contributed by atoms with E-state index in [1.54, 1.807) is 20.8 Å². The van der Waals surface area contributed by atoms with Crippen LogP contribution < -0.4 is 4.74 Å². The SMILES string of the molecule is CC(C)(C)OC(=O)COc1cc(Br)cc([N+](=O)[O-])c1. The summed E-state index contributed by atoms with van der Waals surface area (Å²) in [7, 11) is 0. The summed E-state index contributed by atoms with van der Waals surface area (Å²) in [5.41, 5.74) is -0.711. The predicted octanol–water partition coefficient (Wildman–Crippen LogP) is 3.08. The van der Waals surface area contributed by atoms with Gasteiger partial charge >= 0.3 is 5.97 Å². The first-order valence-corrected chi connectivity index (χ1v) is 6.26. The van der Waals surface area contributed by atoms with Crippen LogP contribution in [0.25, 0.3) is 0 Å². The van der Waals surface area contributed by atoms with Crippen molar-refractivity contribution in [3.8, 4) is 5.75 Å². The van der Waals surface area contributed by atoms with E-state index in [-0.39, 0.29) is 18.0 Å². The van der Waals surface area contributed by atoms with Gasteiger partial charge in [0.2, 0.25) is 0 Å². The van der Waals surface area contributed by atoms with Crippen LogP contribution in [0.5, 0.6) is 5.75 Å². The zero-order valence-electron chi connectivity index (χ0n) is 10.8. The molecule has 0 aromatic heterocycles. The Hall–Kier alpha value is -1.63. The van der Waals surface area contributed by atoms with Gasteiger partial charge in [-0.1, -0.05) is 15.9 Å². The summed E-state index contributed by atoms with van der Waals surface area (Å²) in [5, 5.41) is 10.7. The van der Waals surface area contributed by atoms with E-state index in [1.165, 1.54) is 18.2 Å². The highest BCUT2D eigenvalue weighted by molar-refractivity contribution is 9.10. The minimum atomic E-state index is -0.594. The number of carbonyl (C=O) groups excluding carboxylic acids is 1. The molecule has 0 saturated carbocycles. The quantitative estimate of drug-likeness (QED) is 0.481. The van der Waals surface area contributed by atoms with Crippen molar-refractivity contribution >= 4 is 27.6 Å². The van der Waals surface area contributed by atoms with E-state index in [2.05, 4.69) is 15.9 Å². The standard InChI is InChI=1S/C12H14BrNO5/c1-12(2,3)19-11(15)7-18-10-5-8(13)4-9(6-10)14(16)17/h4-6H,7H2,1-3H3. The molecule has 0 aliphatic rings. The second kappa shape index (κ2) is 6.01. The molecule has 0 heterocycles. The maximum atomic E-state index is 11.4. The van der Waals surface area contributed by atoms with Crippen LogP contribution in [0.3, 0.4) is 0 Å². The molecule has 1 aromatic rings. The van der Waals surface area contributed by atoms with Crippen LogP contribution in [-0.2, 0) is 9.53 Å². The fraction of sp³-hybridized carbons (Fsp3) is 0.417. The smallest absolute Gasteiger partial charge is 0.344 e. The number of non-ortho nitro benzene ring substituents is 1. The molecule has 0 bridgehead atoms. The Morgan fingerprint density at radius 2 is 2.00 bits per heavy atom. The number of nitrogens with zero attached hydrogens (tertiary/aromatic N) is 1. The first-order valence-electron chi connectivity index (χ1n) is 5.47. The maximum absolute atomic E-state index is 11.4. The second-order valence-corrected chi connectivity index (χ2v) is 5.69. The van der Waals surface area contributed by atoms with Crippen LogP contribution in [0.2, 0.25) is 0 Å². The molecule has 0 atom stereocenters. The number of rotatable bonds is 4. The fourth-order valence-corrected chi connectivity index (χ4v) is 1.71. The summed E-state index contributed by atoms with van der Waals surface area (Å²) < 4.78 is 10.7. The lowest BCUT2D eigenvalue weighted by Gasteiger charge is -2.19. The minimum Gasteiger partial charge on any atom is -0.482 e. The monoisotopic (exact) mass is 331 g/mol. The van der Waals surface area contributed by atoms with Crippen molar-refractivity contribution in [1.82, 2.24) is 0 Å². The second-order valence-electron chi connectivity index (χ2n) is 4.78. The van der Waals surface area contributed by atoms with Crippen LogP contribution in [0, 0.1) is 10.1 Å². The first-order chi connectivity index (χ1) is 8.67. The van der Waals surface area contributed by atoms with Crippen LogP contribution in [0.4, 0.5) is 5.69 Å². The minimum absolute atomic E-state index is 0.117. The molecule has 0 unspecified atom stereocenters. The predicted molar refractivity (Wildman–Crippen MR) is 72.1 cm³/mol. The number of hydrogen-bond acceptors (Lipinski definition) is 5. The fourth-order valence-electron chi connectivity index (χ4n) is 1.25. The number of benzene rings is 1. The van der Waals surface area contributed by atoms with Crippen LogP contribution in [0.1, 0.15) is 20.8 Å². The van der Waals surface area contributed by atoms with E-state index >= 15 is 0 Å². The third-order valence-corrected chi connectivity index (χ3v) is 2.30. The van der Waals surface area contributed by atoms with E-state index < -0.39 is 16.5 Å².